The molecule has 0 heterocycles. The molecular formula is C11H8F3O3-. The lowest BCUT2D eigenvalue weighted by Gasteiger charge is -2.13. The molecule has 0 aromatic heterocycles. The molecule has 1 aromatic rings. The molecule has 6 heteroatoms. The Balaban J connectivity index is 2.92. The molecule has 92 valence electrons. The van der Waals surface area contributed by atoms with Crippen LogP contribution in [0.5, 0.6) is 5.75 Å². The number of benzene rings is 1. The first-order valence-electron chi connectivity index (χ1n) is 4.49. The summed E-state index contributed by atoms with van der Waals surface area (Å²) in [6.45, 7) is 0. The molecular weight excluding hydrogens is 237 g/mol. The summed E-state index contributed by atoms with van der Waals surface area (Å²) >= 11 is 0. The topological polar surface area (TPSA) is 49.4 Å². The van der Waals surface area contributed by atoms with E-state index in [0.717, 1.165) is 0 Å². The summed E-state index contributed by atoms with van der Waals surface area (Å²) in [6.07, 6.45) is -5.00. The fourth-order valence-corrected chi connectivity index (χ4v) is 1.04. The second-order valence-electron chi connectivity index (χ2n) is 3.10. The van der Waals surface area contributed by atoms with Crippen LogP contribution in [0, 0.1) is 0 Å². The van der Waals surface area contributed by atoms with E-state index in [0.29, 0.717) is 5.75 Å². The molecule has 0 saturated carbocycles. The Morgan fingerprint density at radius 2 is 1.82 bits per heavy atom. The highest BCUT2D eigenvalue weighted by molar-refractivity contribution is 5.98. The van der Waals surface area contributed by atoms with Gasteiger partial charge in [0.2, 0.25) is 0 Å². The monoisotopic (exact) mass is 245 g/mol. The van der Waals surface area contributed by atoms with Crippen LogP contribution in [0.25, 0.3) is 5.76 Å². The second kappa shape index (κ2) is 4.90. The number of ketones is 1. The smallest absolute Gasteiger partial charge is 0.454 e. The zero-order valence-electron chi connectivity index (χ0n) is 8.75. The fourth-order valence-electron chi connectivity index (χ4n) is 1.04. The number of hydrogen-bond acceptors (Lipinski definition) is 3. The highest BCUT2D eigenvalue weighted by atomic mass is 19.4. The lowest BCUT2D eigenvalue weighted by atomic mass is 10.1. The standard InChI is InChI=1S/C11H9F3O3/c1-17-8-4-2-7(3-5-8)9(15)6-10(16)11(12,13)14/h2-6,15H,1H3/p-1. The van der Waals surface area contributed by atoms with Crippen LogP contribution in [-0.4, -0.2) is 19.1 Å². The lowest BCUT2D eigenvalue weighted by Crippen LogP contribution is -2.21. The van der Waals surface area contributed by atoms with Crippen LogP contribution in [0.4, 0.5) is 13.2 Å². The third-order valence-electron chi connectivity index (χ3n) is 1.92. The van der Waals surface area contributed by atoms with Gasteiger partial charge < -0.3 is 9.84 Å². The minimum Gasteiger partial charge on any atom is -0.872 e. The zero-order chi connectivity index (χ0) is 13.1. The van der Waals surface area contributed by atoms with Crippen molar-refractivity contribution in [3.8, 4) is 5.75 Å². The average Bonchev–Trinajstić information content (AvgIpc) is 2.27. The van der Waals surface area contributed by atoms with Gasteiger partial charge >= 0.3 is 6.18 Å². The molecule has 0 unspecified atom stereocenters. The Morgan fingerprint density at radius 3 is 2.24 bits per heavy atom. The lowest BCUT2D eigenvalue weighted by molar-refractivity contribution is -0.244. The van der Waals surface area contributed by atoms with Crippen LogP contribution < -0.4 is 9.84 Å². The first-order valence-corrected chi connectivity index (χ1v) is 4.49. The number of carbonyl (C=O) groups is 1. The van der Waals surface area contributed by atoms with E-state index in [2.05, 4.69) is 0 Å². The molecule has 0 amide bonds. The molecule has 1 aromatic carbocycles. The number of allylic oxidation sites excluding steroid dienone is 1. The maximum Gasteiger partial charge on any atom is 0.454 e. The normalized spacial score (nSPS) is 12.4. The number of alkyl halides is 3. The van der Waals surface area contributed by atoms with Gasteiger partial charge in [-0.1, -0.05) is 17.9 Å². The summed E-state index contributed by atoms with van der Waals surface area (Å²) in [6, 6.07) is 5.39. The highest BCUT2D eigenvalue weighted by Gasteiger charge is 2.36. The van der Waals surface area contributed by atoms with Gasteiger partial charge in [0.05, 0.1) is 7.11 Å². The van der Waals surface area contributed by atoms with Crippen molar-refractivity contribution in [2.45, 2.75) is 6.18 Å². The SMILES string of the molecule is COc1ccc(C([O-])=CC(=O)C(F)(F)F)cc1. The third kappa shape index (κ3) is 3.51. The Bertz CT molecular complexity index is 432. The van der Waals surface area contributed by atoms with E-state index in [4.69, 9.17) is 4.74 Å². The van der Waals surface area contributed by atoms with Crippen LogP contribution in [0.2, 0.25) is 0 Å². The molecule has 0 saturated heterocycles. The van der Waals surface area contributed by atoms with Crippen molar-refractivity contribution in [3.05, 3.63) is 35.9 Å². The molecule has 0 radical (unpaired) electrons. The second-order valence-corrected chi connectivity index (χ2v) is 3.10. The first-order chi connectivity index (χ1) is 7.84. The molecule has 0 bridgehead atoms. The number of carbonyl (C=O) groups excluding carboxylic acids is 1. The Kier molecular flexibility index (Phi) is 3.77. The molecule has 0 fully saturated rings. The summed E-state index contributed by atoms with van der Waals surface area (Å²) in [5.74, 6) is -2.70. The molecule has 0 aliphatic carbocycles. The van der Waals surface area contributed by atoms with Gasteiger partial charge in [-0.15, -0.1) is 0 Å². The van der Waals surface area contributed by atoms with Crippen molar-refractivity contribution in [1.82, 2.24) is 0 Å². The zero-order valence-corrected chi connectivity index (χ0v) is 8.75. The number of rotatable bonds is 3. The molecule has 0 aliphatic heterocycles. The maximum atomic E-state index is 11.9. The number of halogens is 3. The Labute approximate surface area is 95.1 Å². The largest absolute Gasteiger partial charge is 0.872 e. The fraction of sp³-hybridized carbons (Fsp3) is 0.182. The highest BCUT2D eigenvalue weighted by Crippen LogP contribution is 2.20. The molecule has 1 rings (SSSR count). The van der Waals surface area contributed by atoms with Crippen molar-refractivity contribution in [2.24, 2.45) is 0 Å². The van der Waals surface area contributed by atoms with Gasteiger partial charge in [0.1, 0.15) is 5.75 Å². The van der Waals surface area contributed by atoms with E-state index in [1.54, 1.807) is 0 Å². The van der Waals surface area contributed by atoms with E-state index < -0.39 is 17.7 Å². The predicted molar refractivity (Wildman–Crippen MR) is 52.0 cm³/mol. The van der Waals surface area contributed by atoms with Crippen LogP contribution in [-0.2, 0) is 4.79 Å². The molecule has 0 aliphatic rings. The van der Waals surface area contributed by atoms with Crippen molar-refractivity contribution in [3.63, 3.8) is 0 Å². The van der Waals surface area contributed by atoms with Gasteiger partial charge in [0, 0.05) is 0 Å². The molecule has 0 N–H and O–H groups in total. The van der Waals surface area contributed by atoms with Crippen LogP contribution in [0.1, 0.15) is 5.56 Å². The van der Waals surface area contributed by atoms with Crippen molar-refractivity contribution < 1.29 is 27.8 Å². The third-order valence-corrected chi connectivity index (χ3v) is 1.92. The van der Waals surface area contributed by atoms with E-state index >= 15 is 0 Å². The predicted octanol–water partition coefficient (Wildman–Crippen LogP) is 1.53. The molecule has 0 atom stereocenters. The summed E-state index contributed by atoms with van der Waals surface area (Å²) in [5, 5.41) is 11.3. The van der Waals surface area contributed by atoms with Gasteiger partial charge in [-0.3, -0.25) is 4.79 Å². The molecule has 3 nitrogen and oxygen atoms in total. The van der Waals surface area contributed by atoms with Gasteiger partial charge in [0.25, 0.3) is 5.78 Å². The van der Waals surface area contributed by atoms with Crippen LogP contribution >= 0.6 is 0 Å². The molecule has 0 spiro atoms. The van der Waals surface area contributed by atoms with Gasteiger partial charge in [-0.25, -0.2) is 0 Å². The summed E-state index contributed by atoms with van der Waals surface area (Å²) in [7, 11) is 1.41. The van der Waals surface area contributed by atoms with Crippen molar-refractivity contribution in [2.75, 3.05) is 7.11 Å². The average molecular weight is 245 g/mol. The summed E-state index contributed by atoms with van der Waals surface area (Å²) < 4.78 is 40.5. The van der Waals surface area contributed by atoms with Crippen LogP contribution in [0.3, 0.4) is 0 Å². The minimum absolute atomic E-state index is 0.0107. The molecule has 17 heavy (non-hydrogen) atoms. The summed E-state index contributed by atoms with van der Waals surface area (Å²) in [5.41, 5.74) is -0.0107. The Morgan fingerprint density at radius 1 is 1.29 bits per heavy atom. The summed E-state index contributed by atoms with van der Waals surface area (Å²) in [4.78, 5) is 10.5. The number of methoxy groups -OCH3 is 1. The van der Waals surface area contributed by atoms with Crippen molar-refractivity contribution >= 4 is 11.5 Å². The Hall–Kier alpha value is -1.98. The van der Waals surface area contributed by atoms with E-state index in [1.807, 2.05) is 0 Å². The van der Waals surface area contributed by atoms with E-state index in [-0.39, 0.29) is 11.6 Å². The van der Waals surface area contributed by atoms with Gasteiger partial charge in [-0.05, 0) is 23.8 Å². The minimum atomic E-state index is -5.03. The first kappa shape index (κ1) is 13.1. The maximum absolute atomic E-state index is 11.9. The van der Waals surface area contributed by atoms with E-state index in [1.165, 1.54) is 31.4 Å². The van der Waals surface area contributed by atoms with E-state index in [9.17, 15) is 23.1 Å². The van der Waals surface area contributed by atoms with Crippen LogP contribution in [0.15, 0.2) is 30.3 Å². The van der Waals surface area contributed by atoms with Crippen molar-refractivity contribution in [1.29, 1.82) is 0 Å². The number of hydrogen-bond donors (Lipinski definition) is 0. The van der Waals surface area contributed by atoms with Gasteiger partial charge in [-0.2, -0.15) is 13.2 Å². The quantitative estimate of drug-likeness (QED) is 0.599. The number of ether oxygens (including phenoxy) is 1. The van der Waals surface area contributed by atoms with Gasteiger partial charge in [0.15, 0.2) is 0 Å².